The van der Waals surface area contributed by atoms with Gasteiger partial charge >= 0.3 is 0 Å². The van der Waals surface area contributed by atoms with Crippen molar-refractivity contribution in [2.45, 2.75) is 50.6 Å². The summed E-state index contributed by atoms with van der Waals surface area (Å²) >= 11 is 3.48. The summed E-state index contributed by atoms with van der Waals surface area (Å²) in [5, 5.41) is 10.4. The van der Waals surface area contributed by atoms with Crippen LogP contribution in [0.2, 0.25) is 0 Å². The first-order chi connectivity index (χ1) is 9.94. The number of benzene rings is 1. The largest absolute Gasteiger partial charge is 0.493 e. The molecule has 116 valence electrons. The number of ether oxygens (including phenoxy) is 1. The number of rotatable bonds is 3. The normalized spacial score (nSPS) is 22.7. The van der Waals surface area contributed by atoms with Crippen LogP contribution in [0.5, 0.6) is 5.75 Å². The molecule has 0 saturated heterocycles. The molecule has 1 saturated carbocycles. The molecule has 1 N–H and O–H groups in total. The van der Waals surface area contributed by atoms with Gasteiger partial charge in [0.15, 0.2) is 0 Å². The molecule has 5 heteroatoms. The van der Waals surface area contributed by atoms with E-state index in [0.717, 1.165) is 27.8 Å². The van der Waals surface area contributed by atoms with E-state index < -0.39 is 12.0 Å². The number of halogens is 3. The average molecular weight is 361 g/mol. The second-order valence-electron chi connectivity index (χ2n) is 6.12. The van der Waals surface area contributed by atoms with Crippen LogP contribution < -0.4 is 4.74 Å². The van der Waals surface area contributed by atoms with Crippen molar-refractivity contribution in [3.05, 3.63) is 27.7 Å². The van der Waals surface area contributed by atoms with E-state index >= 15 is 0 Å². The van der Waals surface area contributed by atoms with Crippen molar-refractivity contribution in [2.75, 3.05) is 6.61 Å². The highest BCUT2D eigenvalue weighted by Crippen LogP contribution is 2.39. The Hall–Kier alpha value is -0.680. The minimum absolute atomic E-state index is 0.0411. The maximum Gasteiger partial charge on any atom is 0.248 e. The summed E-state index contributed by atoms with van der Waals surface area (Å²) in [7, 11) is 0. The van der Waals surface area contributed by atoms with Crippen molar-refractivity contribution in [3.8, 4) is 5.75 Å². The van der Waals surface area contributed by atoms with Crippen LogP contribution in [-0.2, 0) is 12.8 Å². The molecule has 1 atom stereocenters. The molecule has 1 aromatic rings. The minimum atomic E-state index is -2.55. The van der Waals surface area contributed by atoms with Gasteiger partial charge in [0.1, 0.15) is 5.75 Å². The predicted octanol–water partition coefficient (Wildman–Crippen LogP) is 4.11. The lowest BCUT2D eigenvalue weighted by Gasteiger charge is -2.31. The maximum absolute atomic E-state index is 13.2. The van der Waals surface area contributed by atoms with Crippen LogP contribution in [0.25, 0.3) is 0 Å². The highest BCUT2D eigenvalue weighted by Gasteiger charge is 2.37. The Morgan fingerprint density at radius 3 is 2.76 bits per heavy atom. The third-order valence-corrected chi connectivity index (χ3v) is 5.02. The first kappa shape index (κ1) is 15.2. The number of aliphatic hydroxyl groups excluding tert-OH is 1. The molecule has 1 heterocycles. The summed E-state index contributed by atoms with van der Waals surface area (Å²) in [6.45, 7) is 0.671. The molecule has 0 spiro atoms. The van der Waals surface area contributed by atoms with E-state index in [1.165, 1.54) is 0 Å². The van der Waals surface area contributed by atoms with Crippen LogP contribution in [0.15, 0.2) is 16.6 Å². The summed E-state index contributed by atoms with van der Waals surface area (Å²) in [5.41, 5.74) is 2.13. The van der Waals surface area contributed by atoms with Gasteiger partial charge < -0.3 is 9.84 Å². The van der Waals surface area contributed by atoms with Gasteiger partial charge in [0.25, 0.3) is 0 Å². The number of fused-ring (bicyclic) bond motifs is 1. The minimum Gasteiger partial charge on any atom is -0.493 e. The first-order valence-corrected chi connectivity index (χ1v) is 8.24. The van der Waals surface area contributed by atoms with E-state index in [4.69, 9.17) is 4.74 Å². The van der Waals surface area contributed by atoms with Crippen molar-refractivity contribution in [1.29, 1.82) is 0 Å². The third-order valence-electron chi connectivity index (χ3n) is 4.56. The molecule has 1 unspecified atom stereocenters. The fraction of sp³-hybridized carbons (Fsp3) is 0.625. The van der Waals surface area contributed by atoms with E-state index in [1.54, 1.807) is 0 Å². The summed E-state index contributed by atoms with van der Waals surface area (Å²) in [6, 6.07) is 4.00. The zero-order valence-corrected chi connectivity index (χ0v) is 13.3. The number of alkyl halides is 2. The van der Waals surface area contributed by atoms with Crippen LogP contribution in [0, 0.1) is 5.92 Å². The van der Waals surface area contributed by atoms with Crippen LogP contribution in [0.4, 0.5) is 8.78 Å². The third kappa shape index (κ3) is 3.39. The molecule has 1 fully saturated rings. The van der Waals surface area contributed by atoms with Crippen LogP contribution in [0.3, 0.4) is 0 Å². The van der Waals surface area contributed by atoms with Gasteiger partial charge in [0, 0.05) is 30.2 Å². The molecular formula is C16H19BrF2O2. The van der Waals surface area contributed by atoms with E-state index in [9.17, 15) is 13.9 Å². The topological polar surface area (TPSA) is 29.5 Å². The molecule has 3 rings (SSSR count). The molecule has 0 amide bonds. The van der Waals surface area contributed by atoms with Gasteiger partial charge in [-0.25, -0.2) is 8.78 Å². The van der Waals surface area contributed by atoms with Crippen molar-refractivity contribution < 1.29 is 18.6 Å². The predicted molar refractivity (Wildman–Crippen MR) is 80.0 cm³/mol. The molecular weight excluding hydrogens is 342 g/mol. The molecule has 21 heavy (non-hydrogen) atoms. The zero-order chi connectivity index (χ0) is 15.0. The summed E-state index contributed by atoms with van der Waals surface area (Å²) in [4.78, 5) is 0. The molecule has 2 nitrogen and oxygen atoms in total. The van der Waals surface area contributed by atoms with E-state index in [1.807, 2.05) is 12.1 Å². The Bertz CT molecular complexity index is 523. The van der Waals surface area contributed by atoms with Crippen LogP contribution in [-0.4, -0.2) is 23.7 Å². The van der Waals surface area contributed by atoms with Gasteiger partial charge in [0.2, 0.25) is 5.92 Å². The lowest BCUT2D eigenvalue weighted by Crippen LogP contribution is -2.32. The molecule has 1 aromatic carbocycles. The lowest BCUT2D eigenvalue weighted by molar-refractivity contribution is -0.0619. The highest BCUT2D eigenvalue weighted by atomic mass is 79.9. The Morgan fingerprint density at radius 1 is 1.33 bits per heavy atom. The fourth-order valence-corrected chi connectivity index (χ4v) is 3.89. The van der Waals surface area contributed by atoms with E-state index in [0.29, 0.717) is 25.9 Å². The number of aliphatic hydroxyl groups is 1. The van der Waals surface area contributed by atoms with E-state index in [2.05, 4.69) is 15.9 Å². The molecule has 0 bridgehead atoms. The maximum atomic E-state index is 13.2. The van der Waals surface area contributed by atoms with Gasteiger partial charge in [-0.15, -0.1) is 0 Å². The smallest absolute Gasteiger partial charge is 0.248 e. The van der Waals surface area contributed by atoms with Gasteiger partial charge in [-0.05, 0) is 42.0 Å². The quantitative estimate of drug-likeness (QED) is 0.878. The molecule has 2 aliphatic rings. The van der Waals surface area contributed by atoms with Crippen molar-refractivity contribution >= 4 is 15.9 Å². The summed E-state index contributed by atoms with van der Waals surface area (Å²) in [5.74, 6) is -1.71. The van der Waals surface area contributed by atoms with Gasteiger partial charge in [-0.3, -0.25) is 0 Å². The zero-order valence-electron chi connectivity index (χ0n) is 11.7. The molecule has 1 aliphatic carbocycles. The standard InChI is InChI=1S/C16H19BrF2O2/c17-13-7-11-3-6-21-15(11)12(8-13)9-14(20)10-1-4-16(18,19)5-2-10/h7-8,10,14,20H,1-6,9H2. The Labute approximate surface area is 131 Å². The monoisotopic (exact) mass is 360 g/mol. The van der Waals surface area contributed by atoms with Crippen molar-refractivity contribution in [2.24, 2.45) is 5.92 Å². The average Bonchev–Trinajstić information content (AvgIpc) is 2.86. The van der Waals surface area contributed by atoms with E-state index in [-0.39, 0.29) is 18.8 Å². The van der Waals surface area contributed by atoms with Gasteiger partial charge in [-0.2, -0.15) is 0 Å². The summed E-state index contributed by atoms with van der Waals surface area (Å²) in [6.07, 6.45) is 1.34. The second kappa shape index (κ2) is 5.84. The Morgan fingerprint density at radius 2 is 2.05 bits per heavy atom. The highest BCUT2D eigenvalue weighted by molar-refractivity contribution is 9.10. The first-order valence-electron chi connectivity index (χ1n) is 7.44. The van der Waals surface area contributed by atoms with Crippen LogP contribution >= 0.6 is 15.9 Å². The second-order valence-corrected chi connectivity index (χ2v) is 7.03. The number of hydrogen-bond acceptors (Lipinski definition) is 2. The molecule has 0 aromatic heterocycles. The molecule has 1 aliphatic heterocycles. The Kier molecular flexibility index (Phi) is 4.23. The van der Waals surface area contributed by atoms with Crippen LogP contribution in [0.1, 0.15) is 36.8 Å². The summed E-state index contributed by atoms with van der Waals surface area (Å²) < 4.78 is 33.0. The van der Waals surface area contributed by atoms with Crippen molar-refractivity contribution in [3.63, 3.8) is 0 Å². The lowest BCUT2D eigenvalue weighted by atomic mass is 9.81. The SMILES string of the molecule is OC(Cc1cc(Br)cc2c1OCC2)C1CCC(F)(F)CC1. The van der Waals surface area contributed by atoms with Crippen molar-refractivity contribution in [1.82, 2.24) is 0 Å². The number of hydrogen-bond donors (Lipinski definition) is 1. The fourth-order valence-electron chi connectivity index (χ4n) is 3.34. The Balaban J connectivity index is 1.70. The van der Waals surface area contributed by atoms with Gasteiger partial charge in [0.05, 0.1) is 12.7 Å². The van der Waals surface area contributed by atoms with Gasteiger partial charge in [-0.1, -0.05) is 15.9 Å². The molecule has 0 radical (unpaired) electrons.